The molecule has 1 N–H and O–H groups in total. The number of rotatable bonds is 7. The largest absolute Gasteiger partial charge is 0.497 e. The second-order valence-corrected chi connectivity index (χ2v) is 11.0. The molecule has 0 bridgehead atoms. The first kappa shape index (κ1) is 23.2. The van der Waals surface area contributed by atoms with Gasteiger partial charge in [-0.15, -0.1) is 11.8 Å². The average Bonchev–Trinajstić information content (AvgIpc) is 2.83. The maximum Gasteiger partial charge on any atom is 0.179 e. The average molecular weight is 449 g/mol. The molecule has 0 aliphatic carbocycles. The minimum Gasteiger partial charge on any atom is -0.497 e. The van der Waals surface area contributed by atoms with Gasteiger partial charge in [0, 0.05) is 16.2 Å². The van der Waals surface area contributed by atoms with Crippen molar-refractivity contribution in [3.05, 3.63) is 53.6 Å². The Balaban J connectivity index is 2.31. The van der Waals surface area contributed by atoms with Gasteiger partial charge in [0.15, 0.2) is 9.84 Å². The van der Waals surface area contributed by atoms with Crippen molar-refractivity contribution in [1.82, 2.24) is 0 Å². The standard InChI is InChI=1S/C24H32O4S2/c1-5-7-13-24(6-2)16-30(26,27)21-12-11-19(29-4)15-20(21)22(23(24)25)17-9-8-10-18(14-17)28-3/h8-12,14-15,22-23,25H,5-7,13,16H2,1-4H3. The van der Waals surface area contributed by atoms with Gasteiger partial charge in [0.1, 0.15) is 5.75 Å². The van der Waals surface area contributed by atoms with E-state index in [0.29, 0.717) is 29.1 Å². The van der Waals surface area contributed by atoms with Crippen LogP contribution in [0.2, 0.25) is 0 Å². The van der Waals surface area contributed by atoms with Crippen LogP contribution in [0, 0.1) is 5.41 Å². The van der Waals surface area contributed by atoms with Crippen LogP contribution in [0.5, 0.6) is 5.75 Å². The van der Waals surface area contributed by atoms with Crippen LogP contribution in [-0.4, -0.2) is 38.7 Å². The summed E-state index contributed by atoms with van der Waals surface area (Å²) in [5.41, 5.74) is 0.878. The van der Waals surface area contributed by atoms with E-state index >= 15 is 0 Å². The van der Waals surface area contributed by atoms with E-state index in [2.05, 4.69) is 6.92 Å². The van der Waals surface area contributed by atoms with Crippen molar-refractivity contribution in [3.63, 3.8) is 0 Å². The summed E-state index contributed by atoms with van der Waals surface area (Å²) >= 11 is 1.57. The maximum atomic E-state index is 13.5. The molecule has 4 nitrogen and oxygen atoms in total. The van der Waals surface area contributed by atoms with E-state index in [1.807, 2.05) is 49.6 Å². The quantitative estimate of drug-likeness (QED) is 0.584. The molecule has 0 saturated carbocycles. The predicted molar refractivity (Wildman–Crippen MR) is 123 cm³/mol. The fourth-order valence-corrected chi connectivity index (χ4v) is 7.38. The van der Waals surface area contributed by atoms with E-state index < -0.39 is 27.3 Å². The zero-order valence-electron chi connectivity index (χ0n) is 18.2. The number of hydrogen-bond acceptors (Lipinski definition) is 5. The Labute approximate surface area is 185 Å². The number of aliphatic hydroxyl groups is 1. The molecule has 2 aromatic carbocycles. The zero-order valence-corrected chi connectivity index (χ0v) is 19.9. The van der Waals surface area contributed by atoms with Crippen molar-refractivity contribution in [3.8, 4) is 5.75 Å². The molecule has 3 unspecified atom stereocenters. The molecule has 164 valence electrons. The van der Waals surface area contributed by atoms with Crippen LogP contribution in [0.25, 0.3) is 0 Å². The number of ether oxygens (including phenoxy) is 1. The molecule has 3 atom stereocenters. The number of sulfone groups is 1. The summed E-state index contributed by atoms with van der Waals surface area (Å²) in [6.07, 6.45) is 4.30. The molecule has 0 saturated heterocycles. The Kier molecular flexibility index (Phi) is 7.20. The summed E-state index contributed by atoms with van der Waals surface area (Å²) < 4.78 is 32.5. The molecule has 3 rings (SSSR count). The smallest absolute Gasteiger partial charge is 0.179 e. The summed E-state index contributed by atoms with van der Waals surface area (Å²) in [7, 11) is -1.93. The first-order valence-electron chi connectivity index (χ1n) is 10.5. The molecule has 1 aliphatic rings. The number of benzene rings is 2. The van der Waals surface area contributed by atoms with Gasteiger partial charge in [-0.2, -0.15) is 0 Å². The SMILES string of the molecule is CCCCC1(CC)CS(=O)(=O)c2ccc(SC)cc2C(c2cccc(OC)c2)C1O. The van der Waals surface area contributed by atoms with Crippen LogP contribution < -0.4 is 4.74 Å². The normalized spacial score (nSPS) is 25.4. The van der Waals surface area contributed by atoms with Gasteiger partial charge in [0.2, 0.25) is 0 Å². The minimum atomic E-state index is -3.54. The van der Waals surface area contributed by atoms with E-state index in [1.165, 1.54) is 0 Å². The Hall–Kier alpha value is -1.50. The lowest BCUT2D eigenvalue weighted by Crippen LogP contribution is -2.42. The first-order chi connectivity index (χ1) is 14.3. The minimum absolute atomic E-state index is 0.0241. The van der Waals surface area contributed by atoms with Crippen LogP contribution in [0.1, 0.15) is 56.6 Å². The van der Waals surface area contributed by atoms with E-state index in [-0.39, 0.29) is 5.75 Å². The van der Waals surface area contributed by atoms with Crippen LogP contribution in [0.4, 0.5) is 0 Å². The maximum absolute atomic E-state index is 13.5. The second-order valence-electron chi connectivity index (χ2n) is 8.18. The predicted octanol–water partition coefficient (Wildman–Crippen LogP) is 5.28. The Morgan fingerprint density at radius 1 is 1.20 bits per heavy atom. The molecule has 0 amide bonds. The first-order valence-corrected chi connectivity index (χ1v) is 13.4. The van der Waals surface area contributed by atoms with E-state index in [9.17, 15) is 13.5 Å². The lowest BCUT2D eigenvalue weighted by atomic mass is 9.69. The van der Waals surface area contributed by atoms with Crippen LogP contribution >= 0.6 is 11.8 Å². The number of methoxy groups -OCH3 is 1. The lowest BCUT2D eigenvalue weighted by molar-refractivity contribution is 0.0173. The molecule has 2 aromatic rings. The molecule has 6 heteroatoms. The molecular formula is C24H32O4S2. The number of unbranched alkanes of at least 4 members (excludes halogenated alkanes) is 1. The molecule has 0 spiro atoms. The Morgan fingerprint density at radius 2 is 1.97 bits per heavy atom. The highest BCUT2D eigenvalue weighted by atomic mass is 32.2. The topological polar surface area (TPSA) is 63.6 Å². The lowest BCUT2D eigenvalue weighted by Gasteiger charge is -2.39. The summed E-state index contributed by atoms with van der Waals surface area (Å²) in [4.78, 5) is 1.33. The molecule has 0 radical (unpaired) electrons. The highest BCUT2D eigenvalue weighted by molar-refractivity contribution is 7.98. The van der Waals surface area contributed by atoms with Crippen LogP contribution in [0.3, 0.4) is 0 Å². The molecule has 0 aromatic heterocycles. The summed E-state index contributed by atoms with van der Waals surface area (Å²) in [6.45, 7) is 4.10. The van der Waals surface area contributed by atoms with Crippen LogP contribution in [0.15, 0.2) is 52.3 Å². The second kappa shape index (κ2) is 9.33. The summed E-state index contributed by atoms with van der Waals surface area (Å²) in [5.74, 6) is 0.241. The Bertz CT molecular complexity index is 986. The van der Waals surface area contributed by atoms with Gasteiger partial charge in [0.05, 0.1) is 23.9 Å². The third kappa shape index (κ3) is 4.27. The number of fused-ring (bicyclic) bond motifs is 1. The summed E-state index contributed by atoms with van der Waals surface area (Å²) in [6, 6.07) is 13.2. The fraction of sp³-hybridized carbons (Fsp3) is 0.500. The number of hydrogen-bond donors (Lipinski definition) is 1. The van der Waals surface area contributed by atoms with Gasteiger partial charge in [-0.25, -0.2) is 8.42 Å². The van der Waals surface area contributed by atoms with Crippen LogP contribution in [-0.2, 0) is 9.84 Å². The van der Waals surface area contributed by atoms with Crippen molar-refractivity contribution in [2.45, 2.75) is 61.3 Å². The van der Waals surface area contributed by atoms with Gasteiger partial charge in [-0.05, 0) is 60.6 Å². The molecule has 1 heterocycles. The zero-order chi connectivity index (χ0) is 21.9. The fourth-order valence-electron chi connectivity index (χ4n) is 4.68. The number of aliphatic hydroxyl groups excluding tert-OH is 1. The van der Waals surface area contributed by atoms with Gasteiger partial charge >= 0.3 is 0 Å². The van der Waals surface area contributed by atoms with Gasteiger partial charge in [-0.3, -0.25) is 0 Å². The highest BCUT2D eigenvalue weighted by Gasteiger charge is 2.48. The molecule has 30 heavy (non-hydrogen) atoms. The Morgan fingerprint density at radius 3 is 2.60 bits per heavy atom. The highest BCUT2D eigenvalue weighted by Crippen LogP contribution is 2.49. The van der Waals surface area contributed by atoms with E-state index in [4.69, 9.17) is 4.74 Å². The van der Waals surface area contributed by atoms with Crippen molar-refractivity contribution < 1.29 is 18.3 Å². The third-order valence-corrected chi connectivity index (χ3v) is 9.22. The van der Waals surface area contributed by atoms with E-state index in [0.717, 1.165) is 23.3 Å². The van der Waals surface area contributed by atoms with Crippen molar-refractivity contribution >= 4 is 21.6 Å². The summed E-state index contributed by atoms with van der Waals surface area (Å²) in [5, 5.41) is 11.8. The molecular weight excluding hydrogens is 416 g/mol. The number of thioether (sulfide) groups is 1. The van der Waals surface area contributed by atoms with Gasteiger partial charge in [0.25, 0.3) is 0 Å². The molecule has 0 fully saturated rings. The van der Waals surface area contributed by atoms with Crippen molar-refractivity contribution in [2.24, 2.45) is 5.41 Å². The third-order valence-electron chi connectivity index (χ3n) is 6.49. The van der Waals surface area contributed by atoms with Gasteiger partial charge in [-0.1, -0.05) is 38.8 Å². The van der Waals surface area contributed by atoms with Crippen molar-refractivity contribution in [1.29, 1.82) is 0 Å². The van der Waals surface area contributed by atoms with Crippen molar-refractivity contribution in [2.75, 3.05) is 19.1 Å². The van der Waals surface area contributed by atoms with E-state index in [1.54, 1.807) is 24.9 Å². The van der Waals surface area contributed by atoms with Gasteiger partial charge < -0.3 is 9.84 Å². The molecule has 1 aliphatic heterocycles. The monoisotopic (exact) mass is 448 g/mol.